The molecule has 0 unspecified atom stereocenters. The SMILES string of the molecule is CC[C@H]1OC(=O)[C@H](C)[C@@H](O[C@H]2CC(C)(C)[C@@H](OCCCNCCCc3cc4c5c(c3)c(=O)c(C(=O)O)cn5CCC4)[C@H](C)O2)[C@H](C)[C@@H](O[C@@H]2O[C@H](C)C[C@H](N(C)C)[C@H]2O)[C@](C)(OC)C[C@@H](C)C(=O)[C@H]2NC(=O)O[C@@]21C. The van der Waals surface area contributed by atoms with Gasteiger partial charge in [-0.05, 0) is 136 Å². The molecule has 19 heteroatoms. The molecular formula is C56H86N4O15. The standard InChI is InChI=1S/C56H86N4O15/c1-14-40-56(10)47(58-53(67)75-56)43(61)30(2)27-55(9,68-13)48(74-52-45(63)39(59(11)12)24-31(3)70-52)32(4)46(33(5)51(66)72-40)73-41-28-54(7,8)49(34(6)71-41)69-23-17-21-57-20-15-18-35-25-36-19-16-22-60-29-38(50(64)65)44(62)37(26-35)42(36)60/h25-26,29-34,39-41,45-49,52,57,63H,14-24,27-28H2,1-13H3,(H,58,67)(H,64,65)/t30-,31-,32+,33-,34+,39+,40-,41+,45-,46+,47-,48-,49+,52+,55-,56-/m1/s1. The Balaban J connectivity index is 1.04. The first-order valence-electron chi connectivity index (χ1n) is 27.3. The van der Waals surface area contributed by atoms with Crippen LogP contribution in [0, 0.1) is 23.2 Å². The average Bonchev–Trinajstić information content (AvgIpc) is 3.67. The highest BCUT2D eigenvalue weighted by Gasteiger charge is 2.58. The number of pyridine rings is 1. The van der Waals surface area contributed by atoms with E-state index in [1.54, 1.807) is 27.9 Å². The Morgan fingerprint density at radius 2 is 1.69 bits per heavy atom. The topological polar surface area (TPSA) is 232 Å². The molecule has 4 saturated heterocycles. The van der Waals surface area contributed by atoms with Gasteiger partial charge in [-0.3, -0.25) is 14.4 Å². The molecule has 4 fully saturated rings. The molecule has 1 amide bonds. The second kappa shape index (κ2) is 23.9. The Morgan fingerprint density at radius 1 is 0.973 bits per heavy atom. The van der Waals surface area contributed by atoms with Crippen molar-refractivity contribution in [3.05, 3.63) is 45.2 Å². The number of carbonyl (C=O) groups excluding carboxylic acids is 3. The molecule has 0 saturated carbocycles. The zero-order valence-electron chi connectivity index (χ0n) is 46.6. The number of hydrogen-bond donors (Lipinski definition) is 4. The number of carboxylic acids is 1. The molecule has 0 bridgehead atoms. The Labute approximate surface area is 442 Å². The number of likely N-dealkylation sites (N-methyl/N-ethyl adjacent to an activating group) is 1. The van der Waals surface area contributed by atoms with E-state index in [9.17, 15) is 34.2 Å². The second-order valence-electron chi connectivity index (χ2n) is 23.5. The Bertz CT molecular complexity index is 2430. The largest absolute Gasteiger partial charge is 0.477 e. The molecule has 0 spiro atoms. The van der Waals surface area contributed by atoms with E-state index < -0.39 is 107 Å². The third-order valence-electron chi connectivity index (χ3n) is 16.9. The number of ketones is 1. The minimum atomic E-state index is -1.52. The van der Waals surface area contributed by atoms with Gasteiger partial charge >= 0.3 is 18.0 Å². The number of methoxy groups -OCH3 is 1. The molecule has 5 aliphatic heterocycles. The van der Waals surface area contributed by atoms with Crippen molar-refractivity contribution in [2.24, 2.45) is 23.2 Å². The summed E-state index contributed by atoms with van der Waals surface area (Å²) in [5, 5.41) is 28.2. The van der Waals surface area contributed by atoms with Crippen LogP contribution in [0.15, 0.2) is 23.1 Å². The average molecular weight is 1060 g/mol. The minimum Gasteiger partial charge on any atom is -0.477 e. The Kier molecular flexibility index (Phi) is 18.7. The van der Waals surface area contributed by atoms with Crippen LogP contribution in [0.4, 0.5) is 4.79 Å². The number of aliphatic hydroxyl groups excluding tert-OH is 1. The zero-order valence-corrected chi connectivity index (χ0v) is 46.6. The molecule has 16 atom stereocenters. The summed E-state index contributed by atoms with van der Waals surface area (Å²) in [4.78, 5) is 69.0. The molecule has 75 heavy (non-hydrogen) atoms. The van der Waals surface area contributed by atoms with Crippen molar-refractivity contribution in [2.45, 2.75) is 212 Å². The summed E-state index contributed by atoms with van der Waals surface area (Å²) >= 11 is 0. The lowest BCUT2D eigenvalue weighted by molar-refractivity contribution is -0.315. The number of cyclic esters (lactones) is 1. The lowest BCUT2D eigenvalue weighted by Gasteiger charge is -2.49. The van der Waals surface area contributed by atoms with Gasteiger partial charge in [-0.2, -0.15) is 0 Å². The van der Waals surface area contributed by atoms with E-state index in [2.05, 4.69) is 30.5 Å². The first kappa shape index (κ1) is 58.6. The van der Waals surface area contributed by atoms with Crippen LogP contribution < -0.4 is 16.1 Å². The van der Waals surface area contributed by atoms with Gasteiger partial charge in [0.1, 0.15) is 23.8 Å². The number of nitrogens with one attached hydrogen (secondary N) is 2. The van der Waals surface area contributed by atoms with E-state index in [1.807, 2.05) is 64.2 Å². The molecule has 6 heterocycles. The maximum atomic E-state index is 14.7. The molecule has 420 valence electrons. The number of aromatic nitrogens is 1. The molecule has 19 nitrogen and oxygen atoms in total. The number of aryl methyl sites for hydroxylation is 3. The molecule has 5 aliphatic rings. The number of aliphatic hydroxyl groups is 1. The molecule has 1 aromatic carbocycles. The van der Waals surface area contributed by atoms with Crippen LogP contribution in [-0.2, 0) is 66.9 Å². The molecule has 2 aromatic rings. The highest BCUT2D eigenvalue weighted by molar-refractivity contribution is 5.94. The van der Waals surface area contributed by atoms with Crippen molar-refractivity contribution >= 4 is 34.7 Å². The fraction of sp³-hybridized carbons (Fsp3) is 0.768. The monoisotopic (exact) mass is 1050 g/mol. The number of nitrogens with zero attached hydrogens (tertiary/aromatic N) is 2. The zero-order chi connectivity index (χ0) is 54.9. The normalized spacial score (nSPS) is 36.4. The first-order valence-corrected chi connectivity index (χ1v) is 27.3. The maximum Gasteiger partial charge on any atom is 0.408 e. The molecule has 7 rings (SSSR count). The molecule has 0 aliphatic carbocycles. The third-order valence-corrected chi connectivity index (χ3v) is 16.9. The van der Waals surface area contributed by atoms with Gasteiger partial charge in [0.05, 0.1) is 47.6 Å². The third kappa shape index (κ3) is 12.5. The van der Waals surface area contributed by atoms with Crippen molar-refractivity contribution in [3.8, 4) is 0 Å². The van der Waals surface area contributed by atoms with Crippen LogP contribution in [-0.4, -0.2) is 163 Å². The summed E-state index contributed by atoms with van der Waals surface area (Å²) < 4.78 is 54.0. The highest BCUT2D eigenvalue weighted by Crippen LogP contribution is 2.44. The van der Waals surface area contributed by atoms with E-state index in [0.717, 1.165) is 61.8 Å². The number of esters is 1. The predicted octanol–water partition coefficient (Wildman–Crippen LogP) is 5.78. The number of aromatic carboxylic acids is 1. The molecule has 0 radical (unpaired) electrons. The van der Waals surface area contributed by atoms with Gasteiger partial charge in [0, 0.05) is 56.1 Å². The fourth-order valence-corrected chi connectivity index (χ4v) is 12.8. The van der Waals surface area contributed by atoms with E-state index in [4.69, 9.17) is 37.9 Å². The number of alkyl carbamates (subject to hydrolysis) is 1. The predicted molar refractivity (Wildman–Crippen MR) is 278 cm³/mol. The maximum absolute atomic E-state index is 14.7. The Hall–Kier alpha value is -4.05. The number of carbonyl (C=O) groups is 4. The summed E-state index contributed by atoms with van der Waals surface area (Å²) in [6.45, 7) is 21.5. The van der Waals surface area contributed by atoms with E-state index in [1.165, 1.54) is 6.20 Å². The number of Topliss-reactive ketones (excluding diaryl/α,β-unsaturated/α-hetero) is 1. The first-order chi connectivity index (χ1) is 35.3. The number of fused-ring (bicyclic) bond motifs is 1. The van der Waals surface area contributed by atoms with Crippen LogP contribution in [0.5, 0.6) is 0 Å². The lowest BCUT2D eigenvalue weighted by atomic mass is 9.75. The van der Waals surface area contributed by atoms with E-state index in [0.29, 0.717) is 31.4 Å². The van der Waals surface area contributed by atoms with Crippen molar-refractivity contribution in [2.75, 3.05) is 40.9 Å². The van der Waals surface area contributed by atoms with E-state index in [-0.39, 0.29) is 42.4 Å². The van der Waals surface area contributed by atoms with Crippen LogP contribution in [0.2, 0.25) is 0 Å². The number of carboxylic acid groups (broad SMARTS) is 1. The number of rotatable bonds is 17. The fourth-order valence-electron chi connectivity index (χ4n) is 12.8. The van der Waals surface area contributed by atoms with Crippen LogP contribution in [0.1, 0.15) is 136 Å². The lowest BCUT2D eigenvalue weighted by Crippen LogP contribution is -2.60. The van der Waals surface area contributed by atoms with Gasteiger partial charge < -0.3 is 68.2 Å². The number of amides is 1. The van der Waals surface area contributed by atoms with Gasteiger partial charge in [-0.15, -0.1) is 0 Å². The van der Waals surface area contributed by atoms with Crippen molar-refractivity contribution < 1.29 is 67.3 Å². The molecule has 4 N–H and O–H groups in total. The summed E-state index contributed by atoms with van der Waals surface area (Å²) in [6.07, 6.45) is -0.681. The van der Waals surface area contributed by atoms with Gasteiger partial charge in [0.25, 0.3) is 0 Å². The van der Waals surface area contributed by atoms with Gasteiger partial charge in [0.2, 0.25) is 5.43 Å². The molecular weight excluding hydrogens is 969 g/mol. The second-order valence-corrected chi connectivity index (χ2v) is 23.5. The summed E-state index contributed by atoms with van der Waals surface area (Å²) in [5.74, 6) is -4.51. The van der Waals surface area contributed by atoms with Gasteiger partial charge in [-0.1, -0.05) is 40.7 Å². The number of hydrogen-bond acceptors (Lipinski definition) is 16. The summed E-state index contributed by atoms with van der Waals surface area (Å²) in [7, 11) is 5.34. The number of benzene rings is 1. The van der Waals surface area contributed by atoms with Gasteiger partial charge in [0.15, 0.2) is 24.0 Å². The highest BCUT2D eigenvalue weighted by atomic mass is 16.7. The summed E-state index contributed by atoms with van der Waals surface area (Å²) in [5.41, 5.74) is -0.868. The van der Waals surface area contributed by atoms with Gasteiger partial charge in [-0.25, -0.2) is 9.59 Å². The summed E-state index contributed by atoms with van der Waals surface area (Å²) in [6, 6.07) is 2.61. The van der Waals surface area contributed by atoms with Crippen LogP contribution in [0.3, 0.4) is 0 Å². The van der Waals surface area contributed by atoms with Crippen molar-refractivity contribution in [3.63, 3.8) is 0 Å². The minimum absolute atomic E-state index is 0.120. The van der Waals surface area contributed by atoms with Crippen molar-refractivity contribution in [1.29, 1.82) is 0 Å². The number of ether oxygens (including phenoxy) is 8. The van der Waals surface area contributed by atoms with Crippen LogP contribution >= 0.6 is 0 Å². The quantitative estimate of drug-likeness (QED) is 0.109. The smallest absolute Gasteiger partial charge is 0.408 e. The Morgan fingerprint density at radius 3 is 2.36 bits per heavy atom. The van der Waals surface area contributed by atoms with Crippen molar-refractivity contribution in [1.82, 2.24) is 20.1 Å². The molecule has 1 aromatic heterocycles. The van der Waals surface area contributed by atoms with Crippen LogP contribution in [0.25, 0.3) is 10.9 Å². The van der Waals surface area contributed by atoms with E-state index >= 15 is 0 Å².